The van der Waals surface area contributed by atoms with Gasteiger partial charge in [0.2, 0.25) is 10.0 Å². The number of aryl methyl sites for hydroxylation is 3. The van der Waals surface area contributed by atoms with Gasteiger partial charge in [-0.1, -0.05) is 48.0 Å². The zero-order valence-corrected chi connectivity index (χ0v) is 21.2. The largest absolute Gasteiger partial charge is 0.494 e. The number of ether oxygens (including phenoxy) is 1. The van der Waals surface area contributed by atoms with Gasteiger partial charge in [-0.25, -0.2) is 13.1 Å². The molecule has 4 aromatic rings. The number of sulfonamides is 1. The van der Waals surface area contributed by atoms with Crippen LogP contribution in [0.25, 0.3) is 11.0 Å². The Morgan fingerprint density at radius 1 is 1.03 bits per heavy atom. The van der Waals surface area contributed by atoms with Gasteiger partial charge in [0.15, 0.2) is 0 Å². The van der Waals surface area contributed by atoms with Crippen LogP contribution in [-0.2, 0) is 23.6 Å². The Kier molecular flexibility index (Phi) is 6.47. The van der Waals surface area contributed by atoms with Crippen LogP contribution in [0.3, 0.4) is 0 Å². The highest BCUT2D eigenvalue weighted by Gasteiger charge is 2.22. The van der Waals surface area contributed by atoms with E-state index in [-0.39, 0.29) is 12.5 Å². The zero-order chi connectivity index (χ0) is 24.6. The molecule has 0 spiro atoms. The normalized spacial score (nSPS) is 12.9. The second-order valence-electron chi connectivity index (χ2n) is 8.79. The number of nitrogens with zero attached hydrogens (tertiary/aromatic N) is 4. The minimum Gasteiger partial charge on any atom is -0.494 e. The van der Waals surface area contributed by atoms with E-state index in [1.54, 1.807) is 31.0 Å². The van der Waals surface area contributed by atoms with Gasteiger partial charge in [0.05, 0.1) is 12.0 Å². The summed E-state index contributed by atoms with van der Waals surface area (Å²) in [6, 6.07) is 17.2. The third-order valence-corrected chi connectivity index (χ3v) is 8.22. The lowest BCUT2D eigenvalue weighted by atomic mass is 9.90. The summed E-state index contributed by atoms with van der Waals surface area (Å²) in [6.07, 6.45) is 0. The van der Waals surface area contributed by atoms with Crippen molar-refractivity contribution in [2.75, 3.05) is 14.2 Å². The van der Waals surface area contributed by atoms with Crippen LogP contribution in [0.4, 0.5) is 0 Å². The fraction of sp³-hybridized carbons (Fsp3) is 0.308. The second-order valence-corrected chi connectivity index (χ2v) is 10.8. The molecule has 178 valence electrons. The molecule has 3 aromatic carbocycles. The molecular weight excluding hydrogens is 448 g/mol. The van der Waals surface area contributed by atoms with Gasteiger partial charge in [0, 0.05) is 26.6 Å². The van der Waals surface area contributed by atoms with Gasteiger partial charge in [-0.05, 0) is 60.4 Å². The number of methoxy groups -OCH3 is 1. The molecule has 0 bridgehead atoms. The molecule has 7 nitrogen and oxygen atoms in total. The molecule has 0 aliphatic carbocycles. The number of fused-ring (bicyclic) bond motifs is 1. The zero-order valence-electron chi connectivity index (χ0n) is 20.4. The highest BCUT2D eigenvalue weighted by Crippen LogP contribution is 2.33. The molecule has 1 heterocycles. The number of aromatic nitrogens is 3. The van der Waals surface area contributed by atoms with Crippen LogP contribution in [0, 0.1) is 13.8 Å². The lowest BCUT2D eigenvalue weighted by molar-refractivity contribution is 0.416. The standard InChI is InChI=1S/C26H30N4O3S/c1-17-7-11-23(12-8-17)34(31,32)29(4)16-22-13-20(10-9-18(22)2)19(3)21-14-24-26(25(15-21)33-6)30(5)28-27-24/h7-15,19H,16H2,1-6H3. The molecule has 0 amide bonds. The molecule has 0 fully saturated rings. The lowest BCUT2D eigenvalue weighted by Crippen LogP contribution is -2.27. The fourth-order valence-electron chi connectivity index (χ4n) is 4.12. The number of rotatable bonds is 7. The fourth-order valence-corrected chi connectivity index (χ4v) is 5.27. The molecule has 0 N–H and O–H groups in total. The third kappa shape index (κ3) is 4.43. The Hall–Kier alpha value is -3.23. The van der Waals surface area contributed by atoms with Crippen LogP contribution in [0.2, 0.25) is 0 Å². The summed E-state index contributed by atoms with van der Waals surface area (Å²) in [4.78, 5) is 0.298. The summed E-state index contributed by atoms with van der Waals surface area (Å²) in [5.74, 6) is 0.779. The Labute approximate surface area is 201 Å². The van der Waals surface area contributed by atoms with E-state index in [0.29, 0.717) is 4.90 Å². The number of hydrogen-bond donors (Lipinski definition) is 0. The van der Waals surface area contributed by atoms with E-state index >= 15 is 0 Å². The van der Waals surface area contributed by atoms with Crippen LogP contribution in [-0.4, -0.2) is 41.9 Å². The molecule has 0 radical (unpaired) electrons. The summed E-state index contributed by atoms with van der Waals surface area (Å²) in [5, 5.41) is 8.37. The predicted molar refractivity (Wildman–Crippen MR) is 134 cm³/mol. The average Bonchev–Trinajstić information content (AvgIpc) is 3.20. The first-order valence-corrected chi connectivity index (χ1v) is 12.6. The highest BCUT2D eigenvalue weighted by molar-refractivity contribution is 7.89. The van der Waals surface area contributed by atoms with E-state index < -0.39 is 10.0 Å². The predicted octanol–water partition coefficient (Wildman–Crippen LogP) is 4.57. The summed E-state index contributed by atoms with van der Waals surface area (Å²) in [7, 11) is 1.52. The maximum absolute atomic E-state index is 13.1. The van der Waals surface area contributed by atoms with Crippen molar-refractivity contribution in [1.29, 1.82) is 0 Å². The molecule has 0 aliphatic rings. The van der Waals surface area contributed by atoms with E-state index in [0.717, 1.165) is 44.6 Å². The Morgan fingerprint density at radius 2 is 1.74 bits per heavy atom. The first kappa shape index (κ1) is 23.9. The molecule has 1 aromatic heterocycles. The topological polar surface area (TPSA) is 77.3 Å². The van der Waals surface area contributed by atoms with Crippen molar-refractivity contribution in [3.8, 4) is 5.75 Å². The monoisotopic (exact) mass is 478 g/mol. The molecule has 8 heteroatoms. The third-order valence-electron chi connectivity index (χ3n) is 6.40. The second kappa shape index (κ2) is 9.19. The van der Waals surface area contributed by atoms with Crippen molar-refractivity contribution in [2.45, 2.75) is 38.1 Å². The first-order chi connectivity index (χ1) is 16.1. The molecule has 0 saturated heterocycles. The minimum absolute atomic E-state index is 0.0543. The number of hydrogen-bond acceptors (Lipinski definition) is 5. The van der Waals surface area contributed by atoms with E-state index in [1.807, 2.05) is 51.2 Å². The quantitative estimate of drug-likeness (QED) is 0.389. The summed E-state index contributed by atoms with van der Waals surface area (Å²) in [5.41, 5.74) is 6.81. The van der Waals surface area contributed by atoms with Gasteiger partial charge >= 0.3 is 0 Å². The van der Waals surface area contributed by atoms with Gasteiger partial charge < -0.3 is 4.74 Å². The van der Waals surface area contributed by atoms with Gasteiger partial charge in [-0.15, -0.1) is 5.10 Å². The van der Waals surface area contributed by atoms with Crippen molar-refractivity contribution in [3.05, 3.63) is 82.4 Å². The van der Waals surface area contributed by atoms with E-state index in [1.165, 1.54) is 4.31 Å². The number of benzene rings is 3. The molecule has 34 heavy (non-hydrogen) atoms. The van der Waals surface area contributed by atoms with Crippen LogP contribution < -0.4 is 4.74 Å². The van der Waals surface area contributed by atoms with Crippen LogP contribution in [0.1, 0.15) is 40.7 Å². The molecule has 0 saturated carbocycles. The molecule has 0 aliphatic heterocycles. The Balaban J connectivity index is 1.64. The maximum atomic E-state index is 13.1. The molecule has 4 rings (SSSR count). The van der Waals surface area contributed by atoms with Crippen LogP contribution in [0.5, 0.6) is 5.75 Å². The van der Waals surface area contributed by atoms with Crippen molar-refractivity contribution in [3.63, 3.8) is 0 Å². The van der Waals surface area contributed by atoms with Gasteiger partial charge in [-0.3, -0.25) is 0 Å². The summed E-state index contributed by atoms with van der Waals surface area (Å²) in [6.45, 7) is 6.35. The molecule has 1 atom stereocenters. The average molecular weight is 479 g/mol. The molecule has 1 unspecified atom stereocenters. The van der Waals surface area contributed by atoms with Gasteiger partial charge in [0.1, 0.15) is 16.8 Å². The van der Waals surface area contributed by atoms with Crippen LogP contribution in [0.15, 0.2) is 59.5 Å². The van der Waals surface area contributed by atoms with E-state index in [4.69, 9.17) is 4.74 Å². The summed E-state index contributed by atoms with van der Waals surface area (Å²) < 4.78 is 34.9. The maximum Gasteiger partial charge on any atom is 0.243 e. The Morgan fingerprint density at radius 3 is 2.41 bits per heavy atom. The van der Waals surface area contributed by atoms with Crippen molar-refractivity contribution in [1.82, 2.24) is 19.3 Å². The minimum atomic E-state index is -3.59. The smallest absolute Gasteiger partial charge is 0.243 e. The summed E-state index contributed by atoms with van der Waals surface area (Å²) >= 11 is 0. The highest BCUT2D eigenvalue weighted by atomic mass is 32.2. The van der Waals surface area contributed by atoms with Crippen LogP contribution >= 0.6 is 0 Å². The van der Waals surface area contributed by atoms with Gasteiger partial charge in [0.25, 0.3) is 0 Å². The van der Waals surface area contributed by atoms with E-state index in [9.17, 15) is 8.42 Å². The van der Waals surface area contributed by atoms with Crippen molar-refractivity contribution >= 4 is 21.1 Å². The SMILES string of the molecule is COc1cc(C(C)c2ccc(C)c(CN(C)S(=O)(=O)c3ccc(C)cc3)c2)cc2nnn(C)c12. The Bertz CT molecular complexity index is 1440. The lowest BCUT2D eigenvalue weighted by Gasteiger charge is -2.21. The van der Waals surface area contributed by atoms with E-state index in [2.05, 4.69) is 29.4 Å². The van der Waals surface area contributed by atoms with Crippen molar-refractivity contribution < 1.29 is 13.2 Å². The van der Waals surface area contributed by atoms with Gasteiger partial charge in [-0.2, -0.15) is 4.31 Å². The molecular formula is C26H30N4O3S. The first-order valence-electron chi connectivity index (χ1n) is 11.1. The van der Waals surface area contributed by atoms with Crippen molar-refractivity contribution in [2.24, 2.45) is 7.05 Å².